The minimum absolute atomic E-state index is 0.701. The Morgan fingerprint density at radius 3 is 2.58 bits per heavy atom. The van der Waals surface area contributed by atoms with Crippen molar-refractivity contribution in [2.75, 3.05) is 12.0 Å². The molecule has 3 aromatic rings. The van der Waals surface area contributed by atoms with Crippen molar-refractivity contribution in [1.82, 2.24) is 4.68 Å². The highest BCUT2D eigenvalue weighted by Crippen LogP contribution is 2.22. The Kier molecular flexibility index (Phi) is 4.71. The van der Waals surface area contributed by atoms with Crippen LogP contribution in [0.1, 0.15) is 24.0 Å². The summed E-state index contributed by atoms with van der Waals surface area (Å²) in [7, 11) is 0. The van der Waals surface area contributed by atoms with Crippen molar-refractivity contribution in [3.05, 3.63) is 70.2 Å². The Hall–Kier alpha value is -2.53. The quantitative estimate of drug-likeness (QED) is 0.740. The fourth-order valence-electron chi connectivity index (χ4n) is 2.38. The molecule has 4 nitrogen and oxygen atoms in total. The van der Waals surface area contributed by atoms with Crippen molar-refractivity contribution < 1.29 is 4.42 Å². The lowest BCUT2D eigenvalue weighted by molar-refractivity contribution is 0.520. The van der Waals surface area contributed by atoms with Gasteiger partial charge in [-0.15, -0.1) is 11.3 Å². The van der Waals surface area contributed by atoms with E-state index >= 15 is 0 Å². The van der Waals surface area contributed by atoms with Crippen molar-refractivity contribution in [3.8, 4) is 11.3 Å². The summed E-state index contributed by atoms with van der Waals surface area (Å²) < 4.78 is 7.62. The molecule has 3 rings (SSSR count). The number of thiazole rings is 1. The molecule has 0 amide bonds. The molecule has 24 heavy (non-hydrogen) atoms. The summed E-state index contributed by atoms with van der Waals surface area (Å²) in [5.74, 6) is 1.59. The maximum atomic E-state index is 5.65. The van der Waals surface area contributed by atoms with E-state index in [9.17, 15) is 0 Å². The predicted octanol–water partition coefficient (Wildman–Crippen LogP) is 4.56. The number of rotatable bonds is 5. The van der Waals surface area contributed by atoms with E-state index in [1.54, 1.807) is 11.3 Å². The lowest BCUT2D eigenvalue weighted by Crippen LogP contribution is -2.25. The summed E-state index contributed by atoms with van der Waals surface area (Å²) in [6.45, 7) is 10.9. The average Bonchev–Trinajstić information content (AvgIpc) is 3.16. The number of nitrogens with one attached hydrogen (secondary N) is 1. The molecule has 0 saturated carbocycles. The first-order valence-corrected chi connectivity index (χ1v) is 8.77. The first-order chi connectivity index (χ1) is 11.6. The largest absolute Gasteiger partial charge is 0.460 e. The zero-order valence-corrected chi connectivity index (χ0v) is 15.0. The van der Waals surface area contributed by atoms with Gasteiger partial charge in [0.05, 0.1) is 11.4 Å². The molecule has 0 fully saturated rings. The molecule has 0 aliphatic carbocycles. The summed E-state index contributed by atoms with van der Waals surface area (Å²) in [6.07, 6.45) is 0. The zero-order chi connectivity index (χ0) is 17.1. The van der Waals surface area contributed by atoms with Crippen molar-refractivity contribution >= 4 is 17.0 Å². The van der Waals surface area contributed by atoms with Crippen LogP contribution in [-0.4, -0.2) is 11.2 Å². The molecule has 0 spiro atoms. The number of hydrogen-bond acceptors (Lipinski definition) is 4. The van der Waals surface area contributed by atoms with Crippen LogP contribution in [0.25, 0.3) is 17.0 Å². The minimum atomic E-state index is 0.701. The predicted molar refractivity (Wildman–Crippen MR) is 100 cm³/mol. The Balaban J connectivity index is 2.01. The van der Waals surface area contributed by atoms with Gasteiger partial charge in [0, 0.05) is 17.5 Å². The second kappa shape index (κ2) is 6.93. The van der Waals surface area contributed by atoms with E-state index < -0.39 is 0 Å². The molecule has 0 radical (unpaired) electrons. The monoisotopic (exact) mass is 339 g/mol. The van der Waals surface area contributed by atoms with Gasteiger partial charge in [-0.05, 0) is 32.9 Å². The number of hydrogen-bond donors (Lipinski definition) is 1. The third-order valence-corrected chi connectivity index (χ3v) is 4.50. The van der Waals surface area contributed by atoms with Gasteiger partial charge in [0.2, 0.25) is 4.80 Å². The number of furan rings is 1. The molecule has 2 aromatic heterocycles. The van der Waals surface area contributed by atoms with E-state index in [4.69, 9.17) is 4.42 Å². The maximum absolute atomic E-state index is 5.65. The van der Waals surface area contributed by atoms with Crippen molar-refractivity contribution in [2.45, 2.75) is 20.8 Å². The molecular formula is C19H21N3OS. The van der Waals surface area contributed by atoms with E-state index in [-0.39, 0.29) is 0 Å². The normalized spacial score (nSPS) is 11.7. The van der Waals surface area contributed by atoms with Gasteiger partial charge < -0.3 is 4.42 Å². The Morgan fingerprint density at radius 1 is 1.21 bits per heavy atom. The number of nitrogens with zero attached hydrogens (tertiary/aromatic N) is 2. The van der Waals surface area contributed by atoms with Gasteiger partial charge >= 0.3 is 0 Å². The summed E-state index contributed by atoms with van der Waals surface area (Å²) in [4.78, 5) is 5.47. The smallest absolute Gasteiger partial charge is 0.204 e. The molecule has 1 N–H and O–H groups in total. The van der Waals surface area contributed by atoms with E-state index in [0.717, 1.165) is 34.1 Å². The summed E-state index contributed by atoms with van der Waals surface area (Å²) in [5.41, 5.74) is 7.45. The molecule has 1 aromatic carbocycles. The third kappa shape index (κ3) is 3.36. The molecule has 0 saturated heterocycles. The van der Waals surface area contributed by atoms with Crippen LogP contribution >= 0.6 is 11.3 Å². The first kappa shape index (κ1) is 16.3. The lowest BCUT2D eigenvalue weighted by atomic mass is 10.1. The van der Waals surface area contributed by atoms with E-state index in [0.29, 0.717) is 5.70 Å². The van der Waals surface area contributed by atoms with E-state index in [2.05, 4.69) is 53.6 Å². The average molecular weight is 339 g/mol. The highest BCUT2D eigenvalue weighted by atomic mass is 32.1. The molecule has 0 aliphatic rings. The first-order valence-electron chi connectivity index (χ1n) is 7.89. The minimum Gasteiger partial charge on any atom is -0.460 e. The number of aryl methyl sites for hydroxylation is 2. The molecule has 0 aliphatic heterocycles. The Bertz CT molecular complexity index is 913. The number of aromatic nitrogens is 1. The van der Waals surface area contributed by atoms with Crippen LogP contribution in [0.3, 0.4) is 0 Å². The van der Waals surface area contributed by atoms with Crippen LogP contribution in [0.2, 0.25) is 0 Å². The fourth-order valence-corrected chi connectivity index (χ4v) is 3.29. The Labute approximate surface area is 145 Å². The number of benzene rings is 1. The van der Waals surface area contributed by atoms with Crippen LogP contribution in [0.4, 0.5) is 0 Å². The molecule has 124 valence electrons. The van der Waals surface area contributed by atoms with Crippen LogP contribution in [0.5, 0.6) is 0 Å². The Morgan fingerprint density at radius 2 is 1.96 bits per heavy atom. The van der Waals surface area contributed by atoms with Gasteiger partial charge in [0.15, 0.2) is 5.76 Å². The van der Waals surface area contributed by atoms with Gasteiger partial charge in [0.25, 0.3) is 0 Å². The van der Waals surface area contributed by atoms with Crippen LogP contribution < -0.4 is 10.2 Å². The summed E-state index contributed by atoms with van der Waals surface area (Å²) in [6, 6.07) is 12.3. The molecule has 5 heteroatoms. The van der Waals surface area contributed by atoms with Crippen LogP contribution in [-0.2, 0) is 0 Å². The lowest BCUT2D eigenvalue weighted by Gasteiger charge is -2.13. The molecular weight excluding hydrogens is 318 g/mol. The SMILES string of the molecule is C=C(Nn1c(-c2ccc(C)cc2)csc1=NCC)c1ccc(C)o1. The van der Waals surface area contributed by atoms with Gasteiger partial charge in [-0.2, -0.15) is 0 Å². The van der Waals surface area contributed by atoms with Gasteiger partial charge in [-0.3, -0.25) is 10.4 Å². The highest BCUT2D eigenvalue weighted by molar-refractivity contribution is 7.07. The standard InChI is InChI=1S/C19H21N3OS/c1-5-20-19-22(21-15(4)18-11-8-14(3)23-18)17(12-24-19)16-9-6-13(2)7-10-16/h6-12,21H,4-5H2,1-3H3. The highest BCUT2D eigenvalue weighted by Gasteiger charge is 2.11. The van der Waals surface area contributed by atoms with Crippen LogP contribution in [0.15, 0.2) is 57.8 Å². The van der Waals surface area contributed by atoms with E-state index in [1.165, 1.54) is 5.56 Å². The zero-order valence-electron chi connectivity index (χ0n) is 14.2. The fraction of sp³-hybridized carbons (Fsp3) is 0.211. The van der Waals surface area contributed by atoms with Gasteiger partial charge in [0.1, 0.15) is 5.76 Å². The van der Waals surface area contributed by atoms with Crippen LogP contribution in [0, 0.1) is 13.8 Å². The summed E-state index contributed by atoms with van der Waals surface area (Å²) >= 11 is 1.60. The van der Waals surface area contributed by atoms with Crippen molar-refractivity contribution in [1.29, 1.82) is 0 Å². The summed E-state index contributed by atoms with van der Waals surface area (Å²) in [5, 5.41) is 2.10. The second-order valence-corrected chi connectivity index (χ2v) is 6.42. The van der Waals surface area contributed by atoms with Gasteiger partial charge in [-0.1, -0.05) is 36.4 Å². The van der Waals surface area contributed by atoms with Crippen molar-refractivity contribution in [3.63, 3.8) is 0 Å². The van der Waals surface area contributed by atoms with Gasteiger partial charge in [-0.25, -0.2) is 4.68 Å². The molecule has 0 bridgehead atoms. The molecule has 0 unspecified atom stereocenters. The van der Waals surface area contributed by atoms with E-state index in [1.807, 2.05) is 30.7 Å². The molecule has 0 atom stereocenters. The maximum Gasteiger partial charge on any atom is 0.204 e. The topological polar surface area (TPSA) is 42.5 Å². The molecule has 2 heterocycles. The second-order valence-electron chi connectivity index (χ2n) is 5.58. The van der Waals surface area contributed by atoms with Crippen molar-refractivity contribution in [2.24, 2.45) is 4.99 Å². The third-order valence-electron chi connectivity index (χ3n) is 3.63.